The fourth-order valence-corrected chi connectivity index (χ4v) is 2.74. The molecule has 148 valence electrons. The first-order chi connectivity index (χ1) is 12.6. The molecule has 0 bridgehead atoms. The number of rotatable bonds is 7. The van der Waals surface area contributed by atoms with Crippen molar-refractivity contribution in [1.82, 2.24) is 10.2 Å². The van der Waals surface area contributed by atoms with Crippen molar-refractivity contribution < 1.29 is 14.2 Å². The number of hydrogen-bond acceptors (Lipinski definition) is 4. The zero-order valence-electron chi connectivity index (χ0n) is 16.5. The summed E-state index contributed by atoms with van der Waals surface area (Å²) in [5.41, 5.74) is 2.24. The summed E-state index contributed by atoms with van der Waals surface area (Å²) in [6.45, 7) is 1.36. The summed E-state index contributed by atoms with van der Waals surface area (Å²) in [4.78, 5) is 6.44. The van der Waals surface area contributed by atoms with Gasteiger partial charge in [0.05, 0.1) is 21.3 Å². The summed E-state index contributed by atoms with van der Waals surface area (Å²) in [7, 11) is 8.61. The number of guanidine groups is 1. The van der Waals surface area contributed by atoms with Crippen molar-refractivity contribution >= 4 is 29.9 Å². The summed E-state index contributed by atoms with van der Waals surface area (Å²) in [6, 6.07) is 14.1. The van der Waals surface area contributed by atoms with Gasteiger partial charge in [0.25, 0.3) is 0 Å². The van der Waals surface area contributed by atoms with Gasteiger partial charge in [-0.2, -0.15) is 0 Å². The Labute approximate surface area is 178 Å². The van der Waals surface area contributed by atoms with Crippen LogP contribution in [0.2, 0.25) is 0 Å². The molecule has 0 spiro atoms. The van der Waals surface area contributed by atoms with Gasteiger partial charge in [0.1, 0.15) is 0 Å². The Morgan fingerprint density at radius 1 is 0.963 bits per heavy atom. The number of aliphatic imine (C=N–C) groups is 1. The Kier molecular flexibility index (Phi) is 9.77. The second-order valence-corrected chi connectivity index (χ2v) is 5.78. The lowest BCUT2D eigenvalue weighted by molar-refractivity contribution is 0.323. The molecule has 1 N–H and O–H groups in total. The van der Waals surface area contributed by atoms with E-state index < -0.39 is 0 Å². The average Bonchev–Trinajstić information content (AvgIpc) is 2.68. The maximum absolute atomic E-state index is 5.41. The zero-order valence-corrected chi connectivity index (χ0v) is 18.8. The van der Waals surface area contributed by atoms with Gasteiger partial charge in [-0.15, -0.1) is 24.0 Å². The SMILES string of the molecule is CN=C(NCc1cc(OC)c(OC)c(OC)c1)N(C)Cc1ccccc1.I. The van der Waals surface area contributed by atoms with Crippen LogP contribution in [0.25, 0.3) is 0 Å². The van der Waals surface area contributed by atoms with Gasteiger partial charge in [0.15, 0.2) is 17.5 Å². The van der Waals surface area contributed by atoms with E-state index in [0.717, 1.165) is 18.1 Å². The number of benzene rings is 2. The summed E-state index contributed by atoms with van der Waals surface area (Å²) in [5.74, 6) is 2.67. The minimum atomic E-state index is 0. The highest BCUT2D eigenvalue weighted by Gasteiger charge is 2.14. The van der Waals surface area contributed by atoms with Crippen molar-refractivity contribution in [2.75, 3.05) is 35.4 Å². The average molecular weight is 485 g/mol. The first-order valence-electron chi connectivity index (χ1n) is 8.37. The van der Waals surface area contributed by atoms with Gasteiger partial charge in [-0.25, -0.2) is 0 Å². The number of methoxy groups -OCH3 is 3. The van der Waals surface area contributed by atoms with Crippen LogP contribution in [0, 0.1) is 0 Å². The lowest BCUT2D eigenvalue weighted by Gasteiger charge is -2.22. The van der Waals surface area contributed by atoms with E-state index in [1.165, 1.54) is 5.56 Å². The molecule has 0 amide bonds. The van der Waals surface area contributed by atoms with Gasteiger partial charge in [0, 0.05) is 27.2 Å². The van der Waals surface area contributed by atoms with Crippen LogP contribution >= 0.6 is 24.0 Å². The van der Waals surface area contributed by atoms with E-state index in [4.69, 9.17) is 14.2 Å². The number of nitrogens with one attached hydrogen (secondary N) is 1. The van der Waals surface area contributed by atoms with Crippen LogP contribution in [-0.4, -0.2) is 46.3 Å². The van der Waals surface area contributed by atoms with E-state index in [0.29, 0.717) is 23.8 Å². The van der Waals surface area contributed by atoms with E-state index >= 15 is 0 Å². The molecule has 2 aromatic carbocycles. The molecule has 6 nitrogen and oxygen atoms in total. The van der Waals surface area contributed by atoms with E-state index in [1.54, 1.807) is 28.4 Å². The smallest absolute Gasteiger partial charge is 0.203 e. The Morgan fingerprint density at radius 2 is 1.56 bits per heavy atom. The highest BCUT2D eigenvalue weighted by molar-refractivity contribution is 14.0. The number of nitrogens with zero attached hydrogens (tertiary/aromatic N) is 2. The van der Waals surface area contributed by atoms with Crippen LogP contribution < -0.4 is 19.5 Å². The first-order valence-corrected chi connectivity index (χ1v) is 8.37. The number of halogens is 1. The van der Waals surface area contributed by atoms with Crippen LogP contribution in [0.4, 0.5) is 0 Å². The van der Waals surface area contributed by atoms with Crippen molar-refractivity contribution in [1.29, 1.82) is 0 Å². The van der Waals surface area contributed by atoms with E-state index in [-0.39, 0.29) is 24.0 Å². The summed E-state index contributed by atoms with van der Waals surface area (Å²) < 4.78 is 16.2. The summed E-state index contributed by atoms with van der Waals surface area (Å²) >= 11 is 0. The quantitative estimate of drug-likeness (QED) is 0.370. The van der Waals surface area contributed by atoms with Crippen LogP contribution in [-0.2, 0) is 13.1 Å². The lowest BCUT2D eigenvalue weighted by atomic mass is 10.1. The van der Waals surface area contributed by atoms with Crippen molar-refractivity contribution in [2.24, 2.45) is 4.99 Å². The Balaban J connectivity index is 0.00000364. The second-order valence-electron chi connectivity index (χ2n) is 5.78. The van der Waals surface area contributed by atoms with Gasteiger partial charge in [-0.05, 0) is 23.3 Å². The standard InChI is InChI=1S/C20H27N3O3.HI/c1-21-20(23(2)14-15-9-7-6-8-10-15)22-13-16-11-17(24-3)19(26-5)18(12-16)25-4;/h6-12H,13-14H2,1-5H3,(H,21,22);1H. The zero-order chi connectivity index (χ0) is 18.9. The maximum Gasteiger partial charge on any atom is 0.203 e. The van der Waals surface area contributed by atoms with Crippen LogP contribution in [0.3, 0.4) is 0 Å². The molecule has 0 saturated carbocycles. The van der Waals surface area contributed by atoms with E-state index in [2.05, 4.69) is 27.3 Å². The third kappa shape index (κ3) is 6.20. The fourth-order valence-electron chi connectivity index (χ4n) is 2.74. The summed E-state index contributed by atoms with van der Waals surface area (Å²) in [5, 5.41) is 3.37. The molecule has 0 aliphatic rings. The van der Waals surface area contributed by atoms with Gasteiger partial charge < -0.3 is 24.4 Å². The van der Waals surface area contributed by atoms with E-state index in [9.17, 15) is 0 Å². The maximum atomic E-state index is 5.41. The molecule has 0 aromatic heterocycles. The topological polar surface area (TPSA) is 55.3 Å². The van der Waals surface area contributed by atoms with Crippen molar-refractivity contribution in [3.63, 3.8) is 0 Å². The molecule has 0 unspecified atom stereocenters. The predicted octanol–water partition coefficient (Wildman–Crippen LogP) is 3.54. The van der Waals surface area contributed by atoms with Crippen LogP contribution in [0.1, 0.15) is 11.1 Å². The highest BCUT2D eigenvalue weighted by atomic mass is 127. The number of ether oxygens (including phenoxy) is 3. The van der Waals surface area contributed by atoms with Gasteiger partial charge >= 0.3 is 0 Å². The van der Waals surface area contributed by atoms with Crippen LogP contribution in [0.15, 0.2) is 47.5 Å². The molecule has 0 heterocycles. The molecular weight excluding hydrogens is 457 g/mol. The molecule has 0 saturated heterocycles. The third-order valence-electron chi connectivity index (χ3n) is 4.01. The van der Waals surface area contributed by atoms with Crippen molar-refractivity contribution in [3.8, 4) is 17.2 Å². The fraction of sp³-hybridized carbons (Fsp3) is 0.350. The molecule has 0 aliphatic carbocycles. The molecule has 27 heavy (non-hydrogen) atoms. The molecular formula is C20H28IN3O3. The number of hydrogen-bond donors (Lipinski definition) is 1. The minimum Gasteiger partial charge on any atom is -0.493 e. The molecule has 0 atom stereocenters. The van der Waals surface area contributed by atoms with E-state index in [1.807, 2.05) is 37.4 Å². The monoisotopic (exact) mass is 485 g/mol. The van der Waals surface area contributed by atoms with Crippen molar-refractivity contribution in [2.45, 2.75) is 13.1 Å². The minimum absolute atomic E-state index is 0. The molecule has 0 fully saturated rings. The lowest BCUT2D eigenvalue weighted by Crippen LogP contribution is -2.38. The van der Waals surface area contributed by atoms with Crippen molar-refractivity contribution in [3.05, 3.63) is 53.6 Å². The molecule has 7 heteroatoms. The Bertz CT molecular complexity index is 714. The Hall–Kier alpha value is -2.16. The third-order valence-corrected chi connectivity index (χ3v) is 4.01. The van der Waals surface area contributed by atoms with Crippen LogP contribution in [0.5, 0.6) is 17.2 Å². The molecule has 2 rings (SSSR count). The highest BCUT2D eigenvalue weighted by Crippen LogP contribution is 2.38. The van der Waals surface area contributed by atoms with Gasteiger partial charge in [0.2, 0.25) is 5.75 Å². The largest absolute Gasteiger partial charge is 0.493 e. The second kappa shape index (κ2) is 11.5. The van der Waals surface area contributed by atoms with Gasteiger partial charge in [-0.1, -0.05) is 30.3 Å². The normalized spacial score (nSPS) is 10.6. The first kappa shape index (κ1) is 22.9. The molecule has 0 radical (unpaired) electrons. The predicted molar refractivity (Wildman–Crippen MR) is 120 cm³/mol. The Morgan fingerprint density at radius 3 is 2.04 bits per heavy atom. The van der Waals surface area contributed by atoms with Gasteiger partial charge in [-0.3, -0.25) is 4.99 Å². The summed E-state index contributed by atoms with van der Waals surface area (Å²) in [6.07, 6.45) is 0. The molecule has 2 aromatic rings. The molecule has 0 aliphatic heterocycles.